The average molecular weight is 596 g/mol. The number of ether oxygens (including phenoxy) is 1. The van der Waals surface area contributed by atoms with Crippen LogP contribution < -0.4 is 31.7 Å². The minimum Gasteiger partial charge on any atom is -0.508 e. The van der Waals surface area contributed by atoms with E-state index >= 15 is 0 Å². The molecule has 11 heteroatoms. The molecule has 0 aliphatic carbocycles. The first-order valence-corrected chi connectivity index (χ1v) is 14.6. The molecule has 0 aliphatic heterocycles. The standard InChI is InChI=1S/C32H45N5O6/c1-5-9-26(30(33)40)36-32(42)29(21(2)3)37-31(41)27(20-23-13-15-25(39)16-14-23)35-18-19-43-28-12-7-6-10-24(28)11-8-17-34-22(4)38/h6-8,10-16,21,26-27,29,35,39H,5,9,17-20H2,1-4H3,(H2,33,40)(H,34,38)(H,36,42)(H,37,41)/b11-8+/t26-,27+,29?/m0/s1. The molecule has 0 saturated carbocycles. The van der Waals surface area contributed by atoms with Crippen molar-refractivity contribution in [1.82, 2.24) is 21.3 Å². The van der Waals surface area contributed by atoms with Crippen LogP contribution in [-0.4, -0.2) is 66.6 Å². The summed E-state index contributed by atoms with van der Waals surface area (Å²) in [6, 6.07) is 11.6. The van der Waals surface area contributed by atoms with Crippen LogP contribution in [0, 0.1) is 5.92 Å². The maximum Gasteiger partial charge on any atom is 0.243 e. The lowest BCUT2D eigenvalue weighted by Crippen LogP contribution is -2.58. The van der Waals surface area contributed by atoms with Gasteiger partial charge in [-0.2, -0.15) is 0 Å². The van der Waals surface area contributed by atoms with E-state index in [1.54, 1.807) is 24.3 Å². The maximum atomic E-state index is 13.5. The maximum absolute atomic E-state index is 13.5. The van der Waals surface area contributed by atoms with Gasteiger partial charge < -0.3 is 36.8 Å². The molecule has 0 saturated heterocycles. The minimum atomic E-state index is -0.886. The summed E-state index contributed by atoms with van der Waals surface area (Å²) in [5, 5.41) is 21.1. The van der Waals surface area contributed by atoms with Gasteiger partial charge in [0.05, 0.1) is 6.04 Å². The summed E-state index contributed by atoms with van der Waals surface area (Å²) in [6.07, 6.45) is 5.04. The van der Waals surface area contributed by atoms with Crippen molar-refractivity contribution >= 4 is 29.7 Å². The van der Waals surface area contributed by atoms with Crippen LogP contribution in [-0.2, 0) is 25.6 Å². The van der Waals surface area contributed by atoms with Crippen LogP contribution in [0.1, 0.15) is 51.7 Å². The average Bonchev–Trinajstić information content (AvgIpc) is 2.96. The molecule has 0 spiro atoms. The number of phenols is 1. The normalized spacial score (nSPS) is 13.2. The van der Waals surface area contributed by atoms with Crippen molar-refractivity contribution in [3.05, 3.63) is 65.7 Å². The van der Waals surface area contributed by atoms with E-state index in [9.17, 15) is 24.3 Å². The minimum absolute atomic E-state index is 0.113. The molecule has 4 amide bonds. The molecule has 0 aliphatic rings. The molecule has 0 radical (unpaired) electrons. The van der Waals surface area contributed by atoms with Crippen LogP contribution >= 0.6 is 0 Å². The lowest BCUT2D eigenvalue weighted by atomic mass is 10.00. The quantitative estimate of drug-likeness (QED) is 0.143. The molecule has 0 heterocycles. The Morgan fingerprint density at radius 2 is 1.67 bits per heavy atom. The Bertz CT molecular complexity index is 1230. The lowest BCUT2D eigenvalue weighted by Gasteiger charge is -2.27. The second-order valence-electron chi connectivity index (χ2n) is 10.6. The van der Waals surface area contributed by atoms with Crippen LogP contribution in [0.3, 0.4) is 0 Å². The van der Waals surface area contributed by atoms with Gasteiger partial charge in [-0.05, 0) is 42.5 Å². The van der Waals surface area contributed by atoms with Crippen molar-refractivity contribution in [1.29, 1.82) is 0 Å². The Morgan fingerprint density at radius 3 is 2.30 bits per heavy atom. The first kappa shape index (κ1) is 34.8. The van der Waals surface area contributed by atoms with Gasteiger partial charge in [0.25, 0.3) is 0 Å². The Labute approximate surface area is 253 Å². The van der Waals surface area contributed by atoms with E-state index in [2.05, 4.69) is 21.3 Å². The number of benzene rings is 2. The number of para-hydroxylation sites is 1. The largest absolute Gasteiger partial charge is 0.508 e. The van der Waals surface area contributed by atoms with Gasteiger partial charge in [-0.15, -0.1) is 0 Å². The molecular weight excluding hydrogens is 550 g/mol. The van der Waals surface area contributed by atoms with E-state index in [4.69, 9.17) is 10.5 Å². The zero-order chi connectivity index (χ0) is 31.8. The Kier molecular flexibility index (Phi) is 14.8. The number of phenolic OH excluding ortho intramolecular Hbond substituents is 1. The van der Waals surface area contributed by atoms with Crippen molar-refractivity contribution < 1.29 is 29.0 Å². The molecule has 2 aromatic carbocycles. The number of primary amides is 1. The highest BCUT2D eigenvalue weighted by Gasteiger charge is 2.30. The summed E-state index contributed by atoms with van der Waals surface area (Å²) < 4.78 is 5.98. The summed E-state index contributed by atoms with van der Waals surface area (Å²) in [5.74, 6) is -1.10. The number of hydrogen-bond acceptors (Lipinski definition) is 7. The first-order chi connectivity index (χ1) is 20.5. The van der Waals surface area contributed by atoms with E-state index < -0.39 is 35.8 Å². The number of nitrogens with one attached hydrogen (secondary N) is 4. The van der Waals surface area contributed by atoms with E-state index in [1.165, 1.54) is 6.92 Å². The van der Waals surface area contributed by atoms with Gasteiger partial charge in [0, 0.05) is 25.6 Å². The van der Waals surface area contributed by atoms with E-state index in [1.807, 2.05) is 57.2 Å². The van der Waals surface area contributed by atoms with Crippen LogP contribution in [0.2, 0.25) is 0 Å². The smallest absolute Gasteiger partial charge is 0.243 e. The monoisotopic (exact) mass is 595 g/mol. The molecule has 2 rings (SSSR count). The highest BCUT2D eigenvalue weighted by Crippen LogP contribution is 2.19. The Morgan fingerprint density at radius 1 is 0.977 bits per heavy atom. The highest BCUT2D eigenvalue weighted by molar-refractivity contribution is 5.93. The van der Waals surface area contributed by atoms with Crippen molar-refractivity contribution in [2.75, 3.05) is 19.7 Å². The van der Waals surface area contributed by atoms with Crippen LogP contribution in [0.4, 0.5) is 0 Å². The second-order valence-corrected chi connectivity index (χ2v) is 10.6. The van der Waals surface area contributed by atoms with Gasteiger partial charge >= 0.3 is 0 Å². The fourth-order valence-electron chi connectivity index (χ4n) is 4.28. The van der Waals surface area contributed by atoms with Gasteiger partial charge in [0.2, 0.25) is 23.6 Å². The number of rotatable bonds is 18. The highest BCUT2D eigenvalue weighted by atomic mass is 16.5. The Balaban J connectivity index is 2.10. The molecule has 0 fully saturated rings. The number of carbonyl (C=O) groups excluding carboxylic acids is 4. The fraction of sp³-hybridized carbons (Fsp3) is 0.438. The van der Waals surface area contributed by atoms with Gasteiger partial charge in [-0.25, -0.2) is 0 Å². The molecule has 11 nitrogen and oxygen atoms in total. The van der Waals surface area contributed by atoms with E-state index in [0.29, 0.717) is 38.1 Å². The van der Waals surface area contributed by atoms with Gasteiger partial charge in [0.15, 0.2) is 0 Å². The van der Waals surface area contributed by atoms with Gasteiger partial charge in [-0.3, -0.25) is 19.2 Å². The predicted octanol–water partition coefficient (Wildman–Crippen LogP) is 2.03. The van der Waals surface area contributed by atoms with E-state index in [-0.39, 0.29) is 24.2 Å². The molecule has 2 aromatic rings. The van der Waals surface area contributed by atoms with E-state index in [0.717, 1.165) is 11.1 Å². The molecule has 3 atom stereocenters. The van der Waals surface area contributed by atoms with Crippen molar-refractivity contribution in [3.8, 4) is 11.5 Å². The topological polar surface area (TPSA) is 172 Å². The molecule has 7 N–H and O–H groups in total. The van der Waals surface area contributed by atoms with Crippen LogP contribution in [0.25, 0.3) is 6.08 Å². The summed E-state index contributed by atoms with van der Waals surface area (Å²) in [4.78, 5) is 49.5. The van der Waals surface area contributed by atoms with Gasteiger partial charge in [-0.1, -0.05) is 69.7 Å². The molecule has 0 aromatic heterocycles. The molecule has 1 unspecified atom stereocenters. The number of amides is 4. The van der Waals surface area contributed by atoms with Crippen LogP contribution in [0.15, 0.2) is 54.6 Å². The molecule has 43 heavy (non-hydrogen) atoms. The summed E-state index contributed by atoms with van der Waals surface area (Å²) in [6.45, 7) is 7.93. The predicted molar refractivity (Wildman–Crippen MR) is 166 cm³/mol. The fourth-order valence-corrected chi connectivity index (χ4v) is 4.28. The van der Waals surface area contributed by atoms with Crippen molar-refractivity contribution in [2.45, 2.75) is 65.1 Å². The number of hydrogen-bond donors (Lipinski definition) is 6. The number of aromatic hydroxyl groups is 1. The summed E-state index contributed by atoms with van der Waals surface area (Å²) >= 11 is 0. The van der Waals surface area contributed by atoms with Crippen molar-refractivity contribution in [2.24, 2.45) is 11.7 Å². The molecule has 234 valence electrons. The summed E-state index contributed by atoms with van der Waals surface area (Å²) in [7, 11) is 0. The summed E-state index contributed by atoms with van der Waals surface area (Å²) in [5.41, 5.74) is 7.11. The zero-order valence-corrected chi connectivity index (χ0v) is 25.4. The second kappa shape index (κ2) is 18.2. The van der Waals surface area contributed by atoms with Gasteiger partial charge in [0.1, 0.15) is 30.2 Å². The Hall–Kier alpha value is -4.38. The van der Waals surface area contributed by atoms with Crippen LogP contribution in [0.5, 0.6) is 11.5 Å². The SMILES string of the molecule is CCC[C@H](NC(=O)C(NC(=O)[C@@H](Cc1ccc(O)cc1)NCCOc1ccccc1/C=C/CNC(C)=O)C(C)C)C(N)=O. The number of nitrogens with two attached hydrogens (primary N) is 1. The third-order valence-corrected chi connectivity index (χ3v) is 6.61. The lowest BCUT2D eigenvalue weighted by molar-refractivity contribution is -0.133. The zero-order valence-electron chi connectivity index (χ0n) is 25.4. The number of carbonyl (C=O) groups is 4. The molecule has 0 bridgehead atoms. The van der Waals surface area contributed by atoms with Crippen molar-refractivity contribution in [3.63, 3.8) is 0 Å². The molecular formula is C32H45N5O6. The third-order valence-electron chi connectivity index (χ3n) is 6.61. The first-order valence-electron chi connectivity index (χ1n) is 14.6. The third kappa shape index (κ3) is 12.6.